The zero-order valence-electron chi connectivity index (χ0n) is 22.8. The van der Waals surface area contributed by atoms with E-state index in [9.17, 15) is 4.79 Å². The molecule has 0 radical (unpaired) electrons. The minimum atomic E-state index is -0.853. The molecule has 0 saturated heterocycles. The van der Waals surface area contributed by atoms with Gasteiger partial charge in [0.05, 0.1) is 11.7 Å². The van der Waals surface area contributed by atoms with Gasteiger partial charge in [-0.05, 0) is 54.7 Å². The maximum Gasteiger partial charge on any atom is 0.243 e. The van der Waals surface area contributed by atoms with Crippen LogP contribution in [-0.2, 0) is 17.0 Å². The molecule has 5 nitrogen and oxygen atoms in total. The zero-order valence-corrected chi connectivity index (χ0v) is 25.1. The maximum atomic E-state index is 13.5. The van der Waals surface area contributed by atoms with Gasteiger partial charge in [0, 0.05) is 10.8 Å². The Morgan fingerprint density at radius 1 is 0.878 bits per heavy atom. The molecule has 1 amide bonds. The molecule has 2 unspecified atom stereocenters. The van der Waals surface area contributed by atoms with Crippen molar-refractivity contribution in [3.8, 4) is 5.69 Å². The van der Waals surface area contributed by atoms with Gasteiger partial charge in [0.1, 0.15) is 5.38 Å². The molecule has 5 aromatic rings. The lowest BCUT2D eigenvalue weighted by Gasteiger charge is -2.22. The van der Waals surface area contributed by atoms with Crippen LogP contribution in [0, 0.1) is 13.8 Å². The van der Waals surface area contributed by atoms with Gasteiger partial charge in [-0.2, -0.15) is 0 Å². The van der Waals surface area contributed by atoms with Crippen molar-refractivity contribution >= 4 is 40.9 Å². The summed E-state index contributed by atoms with van der Waals surface area (Å²) < 4.78 is 2.02. The van der Waals surface area contributed by atoms with Crippen LogP contribution in [0.4, 0.5) is 0 Å². The number of thioether (sulfide) groups is 1. The van der Waals surface area contributed by atoms with Gasteiger partial charge < -0.3 is 5.32 Å². The normalized spacial score (nSPS) is 12.6. The summed E-state index contributed by atoms with van der Waals surface area (Å²) in [7, 11) is 0. The van der Waals surface area contributed by atoms with Crippen LogP contribution in [0.15, 0.2) is 108 Å². The SMILES string of the molecule is Cc1cccc(CSc2nnc(C(Cc3ccccc3)NC(=O)C(Cl)c3ccccc3)n2-c2cc(Cl)ccc2C)c1. The van der Waals surface area contributed by atoms with Crippen LogP contribution in [0.5, 0.6) is 0 Å². The summed E-state index contributed by atoms with van der Waals surface area (Å²) in [6.07, 6.45) is 0.505. The Bertz CT molecular complexity index is 1630. The minimum absolute atomic E-state index is 0.301. The summed E-state index contributed by atoms with van der Waals surface area (Å²) in [6, 6.07) is 33.0. The number of hydrogen-bond donors (Lipinski definition) is 1. The number of amides is 1. The molecule has 0 aliphatic rings. The largest absolute Gasteiger partial charge is 0.344 e. The molecule has 0 aliphatic carbocycles. The first-order valence-corrected chi connectivity index (χ1v) is 15.1. The van der Waals surface area contributed by atoms with Gasteiger partial charge in [0.15, 0.2) is 11.0 Å². The van der Waals surface area contributed by atoms with E-state index in [1.165, 1.54) is 11.1 Å². The summed E-state index contributed by atoms with van der Waals surface area (Å²) >= 11 is 14.7. The van der Waals surface area contributed by atoms with Gasteiger partial charge in [-0.1, -0.05) is 120 Å². The lowest BCUT2D eigenvalue weighted by Crippen LogP contribution is -2.34. The molecule has 1 N–H and O–H groups in total. The van der Waals surface area contributed by atoms with Gasteiger partial charge in [-0.3, -0.25) is 9.36 Å². The van der Waals surface area contributed by atoms with Crippen molar-refractivity contribution in [1.29, 1.82) is 0 Å². The van der Waals surface area contributed by atoms with E-state index in [1.54, 1.807) is 11.8 Å². The number of nitrogens with one attached hydrogen (secondary N) is 1. The van der Waals surface area contributed by atoms with Gasteiger partial charge in [0.25, 0.3) is 0 Å². The highest BCUT2D eigenvalue weighted by molar-refractivity contribution is 7.98. The number of nitrogens with zero attached hydrogens (tertiary/aromatic N) is 3. The molecule has 5 rings (SSSR count). The van der Waals surface area contributed by atoms with E-state index in [0.717, 1.165) is 22.4 Å². The molecular formula is C33H30Cl2N4OS. The highest BCUT2D eigenvalue weighted by Crippen LogP contribution is 2.32. The predicted octanol–water partition coefficient (Wildman–Crippen LogP) is 8.21. The second kappa shape index (κ2) is 13.4. The second-order valence-electron chi connectivity index (χ2n) is 9.91. The Labute approximate surface area is 254 Å². The zero-order chi connectivity index (χ0) is 28.8. The molecule has 0 aliphatic heterocycles. The van der Waals surface area contributed by atoms with Crippen molar-refractivity contribution < 1.29 is 4.79 Å². The first-order valence-electron chi connectivity index (χ1n) is 13.3. The van der Waals surface area contributed by atoms with E-state index >= 15 is 0 Å². The number of aromatic nitrogens is 3. The summed E-state index contributed by atoms with van der Waals surface area (Å²) in [5.41, 5.74) is 6.05. The van der Waals surface area contributed by atoms with Crippen molar-refractivity contribution in [3.63, 3.8) is 0 Å². The molecule has 1 aromatic heterocycles. The van der Waals surface area contributed by atoms with Crippen molar-refractivity contribution in [2.45, 2.75) is 42.6 Å². The average molecular weight is 602 g/mol. The predicted molar refractivity (Wildman–Crippen MR) is 168 cm³/mol. The molecule has 0 spiro atoms. The first kappa shape index (κ1) is 28.9. The molecule has 0 bridgehead atoms. The third-order valence-electron chi connectivity index (χ3n) is 6.75. The molecule has 208 valence electrons. The third kappa shape index (κ3) is 7.20. The minimum Gasteiger partial charge on any atom is -0.344 e. The standard InChI is InChI=1S/C33H30Cl2N4OS/c1-22-10-9-13-25(18-22)21-41-33-38-37-31(39(33)29-20-27(34)17-16-23(29)2)28(19-24-11-5-3-6-12-24)36-32(40)30(35)26-14-7-4-8-15-26/h3-18,20,28,30H,19,21H2,1-2H3,(H,36,40). The van der Waals surface area contributed by atoms with Crippen molar-refractivity contribution in [1.82, 2.24) is 20.1 Å². The van der Waals surface area contributed by atoms with E-state index in [4.69, 9.17) is 23.2 Å². The summed E-state index contributed by atoms with van der Waals surface area (Å²) in [6.45, 7) is 4.11. The van der Waals surface area contributed by atoms with Crippen LogP contribution in [0.2, 0.25) is 5.02 Å². The fraction of sp³-hybridized carbons (Fsp3) is 0.182. The van der Waals surface area contributed by atoms with Crippen LogP contribution in [0.1, 0.15) is 45.1 Å². The van der Waals surface area contributed by atoms with Gasteiger partial charge in [-0.25, -0.2) is 0 Å². The maximum absolute atomic E-state index is 13.5. The number of halogens is 2. The number of rotatable bonds is 10. The van der Waals surface area contributed by atoms with Crippen molar-refractivity contribution in [2.75, 3.05) is 0 Å². The Morgan fingerprint density at radius 2 is 1.59 bits per heavy atom. The third-order valence-corrected chi connectivity index (χ3v) is 8.44. The van der Waals surface area contributed by atoms with Crippen LogP contribution in [-0.4, -0.2) is 20.7 Å². The Hall–Kier alpha value is -3.58. The topological polar surface area (TPSA) is 59.8 Å². The number of benzene rings is 4. The fourth-order valence-corrected chi connectivity index (χ4v) is 5.94. The molecule has 1 heterocycles. The second-order valence-corrected chi connectivity index (χ2v) is 11.7. The van der Waals surface area contributed by atoms with Crippen molar-refractivity contribution in [3.05, 3.63) is 142 Å². The van der Waals surface area contributed by atoms with Crippen molar-refractivity contribution in [2.24, 2.45) is 0 Å². The van der Waals surface area contributed by atoms with Gasteiger partial charge in [0.2, 0.25) is 5.91 Å². The number of hydrogen-bond acceptors (Lipinski definition) is 4. The first-order chi connectivity index (χ1) is 19.9. The van der Waals surface area contributed by atoms with Crippen LogP contribution in [0.25, 0.3) is 5.69 Å². The van der Waals surface area contributed by atoms with E-state index in [0.29, 0.717) is 28.2 Å². The summed E-state index contributed by atoms with van der Waals surface area (Å²) in [5.74, 6) is 1.02. The molecule has 2 atom stereocenters. The number of carbonyl (C=O) groups is 1. The molecular weight excluding hydrogens is 571 g/mol. The van der Waals surface area contributed by atoms with Crippen LogP contribution < -0.4 is 5.32 Å². The van der Waals surface area contributed by atoms with E-state index in [2.05, 4.69) is 46.7 Å². The van der Waals surface area contributed by atoms with Crippen LogP contribution >= 0.6 is 35.0 Å². The van der Waals surface area contributed by atoms with Crippen LogP contribution in [0.3, 0.4) is 0 Å². The monoisotopic (exact) mass is 600 g/mol. The number of alkyl halides is 1. The molecule has 0 saturated carbocycles. The summed E-state index contributed by atoms with van der Waals surface area (Å²) in [4.78, 5) is 13.5. The van der Waals surface area contributed by atoms with E-state index < -0.39 is 11.4 Å². The summed E-state index contributed by atoms with van der Waals surface area (Å²) in [5, 5.41) is 12.9. The molecule has 8 heteroatoms. The van der Waals surface area contributed by atoms with Gasteiger partial charge in [-0.15, -0.1) is 21.8 Å². The quantitative estimate of drug-likeness (QED) is 0.130. The molecule has 41 heavy (non-hydrogen) atoms. The van der Waals surface area contributed by atoms with E-state index in [1.807, 2.05) is 90.4 Å². The Balaban J connectivity index is 1.56. The smallest absolute Gasteiger partial charge is 0.243 e. The molecule has 4 aromatic carbocycles. The highest BCUT2D eigenvalue weighted by Gasteiger charge is 2.28. The average Bonchev–Trinajstić information content (AvgIpc) is 3.41. The van der Waals surface area contributed by atoms with E-state index in [-0.39, 0.29) is 5.91 Å². The molecule has 0 fully saturated rings. The fourth-order valence-electron chi connectivity index (χ4n) is 4.68. The Kier molecular flexibility index (Phi) is 9.45. The number of aryl methyl sites for hydroxylation is 2. The highest BCUT2D eigenvalue weighted by atomic mass is 35.5. The van der Waals surface area contributed by atoms with Gasteiger partial charge >= 0.3 is 0 Å². The lowest BCUT2D eigenvalue weighted by atomic mass is 10.0. The lowest BCUT2D eigenvalue weighted by molar-refractivity contribution is -0.121. The Morgan fingerprint density at radius 3 is 2.32 bits per heavy atom. The number of carbonyl (C=O) groups excluding carboxylic acids is 1.